The van der Waals surface area contributed by atoms with E-state index in [0.29, 0.717) is 18.7 Å². The third-order valence-corrected chi connectivity index (χ3v) is 5.07. The molecule has 1 heterocycles. The Bertz CT molecular complexity index is 733. The van der Waals surface area contributed by atoms with Gasteiger partial charge in [0.05, 0.1) is 12.3 Å². The summed E-state index contributed by atoms with van der Waals surface area (Å²) in [5.74, 6) is 1.85. The van der Waals surface area contributed by atoms with E-state index in [1.165, 1.54) is 4.90 Å². The van der Waals surface area contributed by atoms with E-state index in [4.69, 9.17) is 4.74 Å². The van der Waals surface area contributed by atoms with Crippen LogP contribution in [0.2, 0.25) is 0 Å². The molecule has 0 aliphatic carbocycles. The Morgan fingerprint density at radius 2 is 2.12 bits per heavy atom. The number of carbonyl (C=O) groups is 1. The van der Waals surface area contributed by atoms with Crippen molar-refractivity contribution >= 4 is 23.4 Å². The van der Waals surface area contributed by atoms with E-state index < -0.39 is 0 Å². The molecule has 1 N–H and O–H groups in total. The molecule has 2 aromatic carbocycles. The largest absolute Gasteiger partial charge is 0.494 e. The van der Waals surface area contributed by atoms with Gasteiger partial charge in [0.25, 0.3) is 5.91 Å². The summed E-state index contributed by atoms with van der Waals surface area (Å²) in [6, 6.07) is 13.7. The molecule has 0 aromatic heterocycles. The van der Waals surface area contributed by atoms with Crippen molar-refractivity contribution in [2.75, 3.05) is 30.9 Å². The van der Waals surface area contributed by atoms with E-state index in [9.17, 15) is 4.79 Å². The summed E-state index contributed by atoms with van der Waals surface area (Å²) in [6.07, 6.45) is 0. The minimum Gasteiger partial charge on any atom is -0.494 e. The minimum absolute atomic E-state index is 0.0620. The van der Waals surface area contributed by atoms with Crippen LogP contribution in [0.5, 0.6) is 5.75 Å². The normalized spacial score (nSPS) is 13.3. The quantitative estimate of drug-likeness (QED) is 0.902. The fraction of sp³-hybridized carbons (Fsp3) is 0.316. The maximum atomic E-state index is 12.5. The van der Waals surface area contributed by atoms with Crippen molar-refractivity contribution in [1.29, 1.82) is 0 Å². The van der Waals surface area contributed by atoms with Crippen molar-refractivity contribution < 1.29 is 9.53 Å². The number of para-hydroxylation sites is 1. The number of nitrogens with one attached hydrogen (secondary N) is 1. The van der Waals surface area contributed by atoms with Gasteiger partial charge in [-0.25, -0.2) is 0 Å². The van der Waals surface area contributed by atoms with Crippen molar-refractivity contribution in [2.24, 2.45) is 0 Å². The summed E-state index contributed by atoms with van der Waals surface area (Å²) >= 11 is 1.84. The molecule has 0 fully saturated rings. The molecule has 0 unspecified atom stereocenters. The van der Waals surface area contributed by atoms with Crippen LogP contribution < -0.4 is 15.0 Å². The molecule has 0 radical (unpaired) electrons. The van der Waals surface area contributed by atoms with Gasteiger partial charge in [-0.05, 0) is 31.2 Å². The molecule has 1 aliphatic heterocycles. The maximum Gasteiger partial charge on any atom is 0.251 e. The standard InChI is InChI=1S/C19H22N2O2S/c1-3-23-17-7-5-4-6-15(17)13-20-19(22)14-8-9-18-16(12-14)21(2)10-11-24-18/h4-9,12H,3,10-11,13H2,1-2H3,(H,20,22). The topological polar surface area (TPSA) is 41.6 Å². The number of hydrogen-bond donors (Lipinski definition) is 1. The van der Waals surface area contributed by atoms with E-state index in [0.717, 1.165) is 29.3 Å². The first kappa shape index (κ1) is 16.7. The maximum absolute atomic E-state index is 12.5. The summed E-state index contributed by atoms with van der Waals surface area (Å²) in [5.41, 5.74) is 2.81. The van der Waals surface area contributed by atoms with Gasteiger partial charge in [-0.15, -0.1) is 11.8 Å². The van der Waals surface area contributed by atoms with Crippen LogP contribution in [0.1, 0.15) is 22.8 Å². The van der Waals surface area contributed by atoms with E-state index >= 15 is 0 Å². The lowest BCUT2D eigenvalue weighted by molar-refractivity contribution is 0.0950. The Hall–Kier alpha value is -2.14. The Kier molecular flexibility index (Phi) is 5.30. The highest BCUT2D eigenvalue weighted by atomic mass is 32.2. The third-order valence-electron chi connectivity index (χ3n) is 4.03. The van der Waals surface area contributed by atoms with Gasteiger partial charge in [-0.1, -0.05) is 18.2 Å². The van der Waals surface area contributed by atoms with Gasteiger partial charge in [0.2, 0.25) is 0 Å². The van der Waals surface area contributed by atoms with Gasteiger partial charge < -0.3 is 15.0 Å². The first-order chi connectivity index (χ1) is 11.7. The molecule has 24 heavy (non-hydrogen) atoms. The molecule has 0 atom stereocenters. The zero-order valence-corrected chi connectivity index (χ0v) is 14.9. The zero-order chi connectivity index (χ0) is 16.9. The summed E-state index contributed by atoms with van der Waals surface area (Å²) in [5, 5.41) is 2.99. The highest BCUT2D eigenvalue weighted by molar-refractivity contribution is 7.99. The Balaban J connectivity index is 1.71. The molecule has 4 nitrogen and oxygen atoms in total. The molecular formula is C19H22N2O2S. The second-order valence-electron chi connectivity index (χ2n) is 5.68. The van der Waals surface area contributed by atoms with E-state index in [2.05, 4.69) is 17.3 Å². The van der Waals surface area contributed by atoms with E-state index in [1.807, 2.05) is 61.2 Å². The highest BCUT2D eigenvalue weighted by Crippen LogP contribution is 2.34. The number of thioether (sulfide) groups is 1. The van der Waals surface area contributed by atoms with Crippen LogP contribution in [0.15, 0.2) is 47.4 Å². The van der Waals surface area contributed by atoms with Gasteiger partial charge in [-0.3, -0.25) is 4.79 Å². The van der Waals surface area contributed by atoms with Gasteiger partial charge in [-0.2, -0.15) is 0 Å². The van der Waals surface area contributed by atoms with Crippen LogP contribution in [-0.4, -0.2) is 31.9 Å². The zero-order valence-electron chi connectivity index (χ0n) is 14.0. The molecule has 2 aromatic rings. The Morgan fingerprint density at radius 1 is 1.29 bits per heavy atom. The van der Waals surface area contributed by atoms with Crippen LogP contribution in [0.3, 0.4) is 0 Å². The molecule has 1 amide bonds. The van der Waals surface area contributed by atoms with Crippen molar-refractivity contribution in [3.05, 3.63) is 53.6 Å². The number of benzene rings is 2. The number of hydrogen-bond acceptors (Lipinski definition) is 4. The Morgan fingerprint density at radius 3 is 2.96 bits per heavy atom. The van der Waals surface area contributed by atoms with Crippen LogP contribution in [-0.2, 0) is 6.54 Å². The lowest BCUT2D eigenvalue weighted by atomic mass is 10.1. The van der Waals surface area contributed by atoms with Gasteiger partial charge in [0, 0.05) is 41.9 Å². The SMILES string of the molecule is CCOc1ccccc1CNC(=O)c1ccc2c(c1)N(C)CCS2. The molecule has 0 bridgehead atoms. The van der Waals surface area contributed by atoms with Crippen LogP contribution in [0.4, 0.5) is 5.69 Å². The predicted molar refractivity (Wildman–Crippen MR) is 99.2 cm³/mol. The predicted octanol–water partition coefficient (Wildman–Crippen LogP) is 3.56. The van der Waals surface area contributed by atoms with Gasteiger partial charge in [0.1, 0.15) is 5.75 Å². The molecule has 5 heteroatoms. The van der Waals surface area contributed by atoms with Crippen LogP contribution >= 0.6 is 11.8 Å². The van der Waals surface area contributed by atoms with Crippen molar-refractivity contribution in [1.82, 2.24) is 5.32 Å². The van der Waals surface area contributed by atoms with Crippen LogP contribution in [0.25, 0.3) is 0 Å². The average molecular weight is 342 g/mol. The minimum atomic E-state index is -0.0620. The van der Waals surface area contributed by atoms with Crippen molar-refractivity contribution in [3.63, 3.8) is 0 Å². The average Bonchev–Trinajstić information content (AvgIpc) is 2.61. The van der Waals surface area contributed by atoms with E-state index in [1.54, 1.807) is 0 Å². The van der Waals surface area contributed by atoms with Gasteiger partial charge >= 0.3 is 0 Å². The van der Waals surface area contributed by atoms with Crippen molar-refractivity contribution in [2.45, 2.75) is 18.4 Å². The monoisotopic (exact) mass is 342 g/mol. The number of nitrogens with zero attached hydrogens (tertiary/aromatic N) is 1. The highest BCUT2D eigenvalue weighted by Gasteiger charge is 2.16. The summed E-state index contributed by atoms with van der Waals surface area (Å²) < 4.78 is 5.60. The Labute approximate surface area is 147 Å². The first-order valence-electron chi connectivity index (χ1n) is 8.16. The number of amides is 1. The molecular weight excluding hydrogens is 320 g/mol. The fourth-order valence-electron chi connectivity index (χ4n) is 2.72. The van der Waals surface area contributed by atoms with E-state index in [-0.39, 0.29) is 5.91 Å². The van der Waals surface area contributed by atoms with Crippen molar-refractivity contribution in [3.8, 4) is 5.75 Å². The fourth-order valence-corrected chi connectivity index (χ4v) is 3.83. The molecule has 126 valence electrons. The molecule has 0 spiro atoms. The summed E-state index contributed by atoms with van der Waals surface area (Å²) in [4.78, 5) is 15.9. The molecule has 1 aliphatic rings. The first-order valence-corrected chi connectivity index (χ1v) is 9.14. The number of anilines is 1. The smallest absolute Gasteiger partial charge is 0.251 e. The number of ether oxygens (including phenoxy) is 1. The van der Waals surface area contributed by atoms with Gasteiger partial charge in [0.15, 0.2) is 0 Å². The molecule has 3 rings (SSSR count). The second-order valence-corrected chi connectivity index (χ2v) is 6.81. The lowest BCUT2D eigenvalue weighted by Gasteiger charge is -2.27. The lowest BCUT2D eigenvalue weighted by Crippen LogP contribution is -2.26. The molecule has 0 saturated carbocycles. The number of rotatable bonds is 5. The number of fused-ring (bicyclic) bond motifs is 1. The van der Waals surface area contributed by atoms with Crippen LogP contribution in [0, 0.1) is 0 Å². The summed E-state index contributed by atoms with van der Waals surface area (Å²) in [7, 11) is 2.07. The number of carbonyl (C=O) groups excluding carboxylic acids is 1. The third kappa shape index (κ3) is 3.67. The second kappa shape index (κ2) is 7.62. The summed E-state index contributed by atoms with van der Waals surface area (Å²) in [6.45, 7) is 4.03. The molecule has 0 saturated heterocycles.